The fourth-order valence-corrected chi connectivity index (χ4v) is 3.88. The van der Waals surface area contributed by atoms with Crippen LogP contribution >= 0.6 is 0 Å². The summed E-state index contributed by atoms with van der Waals surface area (Å²) in [6.07, 6.45) is 4.10. The van der Waals surface area contributed by atoms with Gasteiger partial charge >= 0.3 is 6.03 Å². The van der Waals surface area contributed by atoms with Crippen molar-refractivity contribution in [3.8, 4) is 0 Å². The van der Waals surface area contributed by atoms with E-state index in [4.69, 9.17) is 0 Å². The maximum Gasteiger partial charge on any atom is 0.317 e. The predicted molar refractivity (Wildman–Crippen MR) is 99.5 cm³/mol. The molecule has 2 amide bonds. The van der Waals surface area contributed by atoms with Gasteiger partial charge in [0.15, 0.2) is 0 Å². The lowest BCUT2D eigenvalue weighted by molar-refractivity contribution is 0.136. The van der Waals surface area contributed by atoms with Gasteiger partial charge in [-0.25, -0.2) is 4.79 Å². The van der Waals surface area contributed by atoms with Crippen molar-refractivity contribution in [1.82, 2.24) is 15.1 Å². The van der Waals surface area contributed by atoms with Crippen molar-refractivity contribution in [1.29, 1.82) is 0 Å². The lowest BCUT2D eigenvalue weighted by Gasteiger charge is -2.31. The highest BCUT2D eigenvalue weighted by atomic mass is 16.3. The van der Waals surface area contributed by atoms with E-state index >= 15 is 0 Å². The summed E-state index contributed by atoms with van der Waals surface area (Å²) in [6, 6.07) is 10.7. The van der Waals surface area contributed by atoms with Crippen molar-refractivity contribution < 1.29 is 9.90 Å². The van der Waals surface area contributed by atoms with E-state index in [1.807, 2.05) is 4.90 Å². The highest BCUT2D eigenvalue weighted by molar-refractivity contribution is 5.74. The molecule has 0 radical (unpaired) electrons. The van der Waals surface area contributed by atoms with E-state index in [1.165, 1.54) is 12.0 Å². The Balaban J connectivity index is 1.32. The number of nitrogens with one attached hydrogen (secondary N) is 1. The van der Waals surface area contributed by atoms with Gasteiger partial charge in [-0.05, 0) is 49.6 Å². The number of rotatable bonds is 6. The number of likely N-dealkylation sites (tertiary alicyclic amines) is 2. The Morgan fingerprint density at radius 3 is 2.52 bits per heavy atom. The summed E-state index contributed by atoms with van der Waals surface area (Å²) in [5.41, 5.74) is 1.39. The summed E-state index contributed by atoms with van der Waals surface area (Å²) in [7, 11) is 0. The standard InChI is InChI=1S/C20H31N3O2/c24-16-18-8-12-23(13-9-18)20(25)21-14-19-7-11-22(15-19)10-6-17-4-2-1-3-5-17/h1-5,18-19,24H,6-16H2,(H,21,25). The molecule has 5 heteroatoms. The van der Waals surface area contributed by atoms with E-state index in [0.717, 1.165) is 58.5 Å². The number of aliphatic hydroxyl groups excluding tert-OH is 1. The molecule has 5 nitrogen and oxygen atoms in total. The van der Waals surface area contributed by atoms with E-state index in [-0.39, 0.29) is 12.6 Å². The molecule has 25 heavy (non-hydrogen) atoms. The summed E-state index contributed by atoms with van der Waals surface area (Å²) < 4.78 is 0. The summed E-state index contributed by atoms with van der Waals surface area (Å²) >= 11 is 0. The molecule has 0 aromatic heterocycles. The zero-order valence-corrected chi connectivity index (χ0v) is 15.1. The Bertz CT molecular complexity index is 529. The summed E-state index contributed by atoms with van der Waals surface area (Å²) in [6.45, 7) is 5.88. The van der Waals surface area contributed by atoms with Crippen LogP contribution in [0.15, 0.2) is 30.3 Å². The largest absolute Gasteiger partial charge is 0.396 e. The first-order valence-electron chi connectivity index (χ1n) is 9.64. The quantitative estimate of drug-likeness (QED) is 0.829. The Kier molecular flexibility index (Phi) is 6.70. The average Bonchev–Trinajstić information content (AvgIpc) is 3.13. The normalized spacial score (nSPS) is 22.3. The third kappa shape index (κ3) is 5.44. The van der Waals surface area contributed by atoms with Crippen LogP contribution in [0.2, 0.25) is 0 Å². The number of nitrogens with zero attached hydrogens (tertiary/aromatic N) is 2. The number of hydrogen-bond acceptors (Lipinski definition) is 3. The molecule has 138 valence electrons. The Hall–Kier alpha value is -1.59. The Morgan fingerprint density at radius 1 is 1.08 bits per heavy atom. The van der Waals surface area contributed by atoms with Crippen LogP contribution in [-0.2, 0) is 6.42 Å². The highest BCUT2D eigenvalue weighted by Gasteiger charge is 2.25. The number of carbonyl (C=O) groups excluding carboxylic acids is 1. The molecule has 2 saturated heterocycles. The lowest BCUT2D eigenvalue weighted by atomic mass is 9.98. The Labute approximate surface area is 151 Å². The molecule has 1 aromatic carbocycles. The van der Waals surface area contributed by atoms with Gasteiger partial charge in [0.05, 0.1) is 0 Å². The second-order valence-electron chi connectivity index (χ2n) is 7.49. The van der Waals surface area contributed by atoms with E-state index in [2.05, 4.69) is 40.5 Å². The molecule has 2 aliphatic heterocycles. The van der Waals surface area contributed by atoms with Gasteiger partial charge < -0.3 is 20.2 Å². The first-order chi connectivity index (χ1) is 12.2. The second-order valence-corrected chi connectivity index (χ2v) is 7.49. The molecule has 0 aliphatic carbocycles. The number of carbonyl (C=O) groups is 1. The molecule has 1 unspecified atom stereocenters. The minimum atomic E-state index is 0.0686. The Morgan fingerprint density at radius 2 is 1.80 bits per heavy atom. The van der Waals surface area contributed by atoms with Crippen LogP contribution in [0.5, 0.6) is 0 Å². The van der Waals surface area contributed by atoms with E-state index in [9.17, 15) is 9.90 Å². The smallest absolute Gasteiger partial charge is 0.317 e. The van der Waals surface area contributed by atoms with Crippen LogP contribution in [0.25, 0.3) is 0 Å². The van der Waals surface area contributed by atoms with Gasteiger partial charge in [0.2, 0.25) is 0 Å². The number of amides is 2. The van der Waals surface area contributed by atoms with E-state index in [0.29, 0.717) is 11.8 Å². The van der Waals surface area contributed by atoms with Crippen molar-refractivity contribution in [3.63, 3.8) is 0 Å². The SMILES string of the molecule is O=C(NCC1CCN(CCc2ccccc2)C1)N1CCC(CO)CC1. The lowest BCUT2D eigenvalue weighted by Crippen LogP contribution is -2.46. The van der Waals surface area contributed by atoms with Crippen LogP contribution in [0.1, 0.15) is 24.8 Å². The summed E-state index contributed by atoms with van der Waals surface area (Å²) in [5, 5.41) is 12.3. The molecular weight excluding hydrogens is 314 g/mol. The second kappa shape index (κ2) is 9.20. The molecule has 0 bridgehead atoms. The minimum absolute atomic E-state index is 0.0686. The third-order valence-electron chi connectivity index (χ3n) is 5.63. The molecule has 2 N–H and O–H groups in total. The van der Waals surface area contributed by atoms with Crippen molar-refractivity contribution in [2.24, 2.45) is 11.8 Å². The van der Waals surface area contributed by atoms with Gasteiger partial charge in [-0.3, -0.25) is 0 Å². The van der Waals surface area contributed by atoms with Crippen LogP contribution in [0.4, 0.5) is 4.79 Å². The van der Waals surface area contributed by atoms with E-state index < -0.39 is 0 Å². The summed E-state index contributed by atoms with van der Waals surface area (Å²) in [5.74, 6) is 0.937. The van der Waals surface area contributed by atoms with Crippen LogP contribution in [-0.4, -0.2) is 66.8 Å². The molecule has 0 saturated carbocycles. The molecule has 2 fully saturated rings. The van der Waals surface area contributed by atoms with Crippen LogP contribution in [0.3, 0.4) is 0 Å². The fraction of sp³-hybridized carbons (Fsp3) is 0.650. The fourth-order valence-electron chi connectivity index (χ4n) is 3.88. The molecule has 3 rings (SSSR count). The van der Waals surface area contributed by atoms with Crippen molar-refractivity contribution >= 4 is 6.03 Å². The first kappa shape index (κ1) is 18.2. The van der Waals surface area contributed by atoms with Crippen molar-refractivity contribution in [2.75, 3.05) is 45.9 Å². The van der Waals surface area contributed by atoms with Crippen molar-refractivity contribution in [2.45, 2.75) is 25.7 Å². The van der Waals surface area contributed by atoms with Gasteiger partial charge in [0.1, 0.15) is 0 Å². The third-order valence-corrected chi connectivity index (χ3v) is 5.63. The van der Waals surface area contributed by atoms with Gasteiger partial charge in [-0.2, -0.15) is 0 Å². The molecule has 1 atom stereocenters. The average molecular weight is 345 g/mol. The molecule has 2 heterocycles. The highest BCUT2D eigenvalue weighted by Crippen LogP contribution is 2.18. The molecule has 1 aromatic rings. The number of urea groups is 1. The summed E-state index contributed by atoms with van der Waals surface area (Å²) in [4.78, 5) is 16.7. The van der Waals surface area contributed by atoms with Crippen LogP contribution < -0.4 is 5.32 Å². The number of hydrogen-bond donors (Lipinski definition) is 2. The first-order valence-corrected chi connectivity index (χ1v) is 9.64. The maximum atomic E-state index is 12.3. The monoisotopic (exact) mass is 345 g/mol. The zero-order chi connectivity index (χ0) is 17.5. The van der Waals surface area contributed by atoms with Crippen LogP contribution in [0, 0.1) is 11.8 Å². The topological polar surface area (TPSA) is 55.8 Å². The molecule has 2 aliphatic rings. The van der Waals surface area contributed by atoms with E-state index in [1.54, 1.807) is 0 Å². The molecule has 0 spiro atoms. The van der Waals surface area contributed by atoms with Gasteiger partial charge in [-0.1, -0.05) is 30.3 Å². The minimum Gasteiger partial charge on any atom is -0.396 e. The van der Waals surface area contributed by atoms with Gasteiger partial charge in [0.25, 0.3) is 0 Å². The number of benzene rings is 1. The molecular formula is C20H31N3O2. The zero-order valence-electron chi connectivity index (χ0n) is 15.1. The number of piperidine rings is 1. The van der Waals surface area contributed by atoms with Gasteiger partial charge in [0, 0.05) is 39.3 Å². The van der Waals surface area contributed by atoms with Crippen molar-refractivity contribution in [3.05, 3.63) is 35.9 Å². The van der Waals surface area contributed by atoms with Gasteiger partial charge in [-0.15, -0.1) is 0 Å². The predicted octanol–water partition coefficient (Wildman–Crippen LogP) is 1.96. The maximum absolute atomic E-state index is 12.3. The number of aliphatic hydroxyl groups is 1.